The van der Waals surface area contributed by atoms with E-state index in [0.717, 1.165) is 0 Å². The van der Waals surface area contributed by atoms with Crippen LogP contribution in [0.5, 0.6) is 0 Å². The predicted molar refractivity (Wildman–Crippen MR) is 106 cm³/mol. The van der Waals surface area contributed by atoms with E-state index in [1.165, 1.54) is 34.7 Å². The van der Waals surface area contributed by atoms with Crippen molar-refractivity contribution >= 4 is 11.8 Å². The highest BCUT2D eigenvalue weighted by Crippen LogP contribution is 2.27. The van der Waals surface area contributed by atoms with Crippen LogP contribution in [-0.4, -0.2) is 18.3 Å². The van der Waals surface area contributed by atoms with E-state index >= 15 is 0 Å². The smallest absolute Gasteiger partial charge is 0.139 e. The molecular formula is C23H24NS+. The molecule has 1 heterocycles. The monoisotopic (exact) mass is 346 g/mol. The maximum absolute atomic E-state index is 2.27. The van der Waals surface area contributed by atoms with Crippen molar-refractivity contribution in [3.8, 4) is 0 Å². The van der Waals surface area contributed by atoms with Gasteiger partial charge in [0.15, 0.2) is 0 Å². The molecule has 0 amide bonds. The number of likely N-dealkylation sites (tertiary alicyclic amines) is 1. The first kappa shape index (κ1) is 16.4. The third kappa shape index (κ3) is 3.81. The molecule has 0 aliphatic carbocycles. The molecule has 1 aliphatic rings. The van der Waals surface area contributed by atoms with E-state index in [-0.39, 0.29) is 0 Å². The molecule has 1 saturated heterocycles. The Morgan fingerprint density at radius 1 is 0.760 bits per heavy atom. The van der Waals surface area contributed by atoms with Crippen LogP contribution in [0.25, 0.3) is 0 Å². The number of hydrogen-bond acceptors (Lipinski definition) is 1. The van der Waals surface area contributed by atoms with E-state index in [2.05, 4.69) is 91.9 Å². The molecule has 0 saturated carbocycles. The molecule has 3 aromatic rings. The van der Waals surface area contributed by atoms with Crippen LogP contribution in [0.4, 0.5) is 0 Å². The second-order valence-electron chi connectivity index (χ2n) is 6.87. The highest BCUT2D eigenvalue weighted by Gasteiger charge is 2.38. The molecule has 0 bridgehead atoms. The minimum absolute atomic E-state index is 0.442. The Balaban J connectivity index is 1.48. The maximum atomic E-state index is 2.27. The lowest BCUT2D eigenvalue weighted by atomic mass is 9.94. The first-order valence-electron chi connectivity index (χ1n) is 8.97. The van der Waals surface area contributed by atoms with Gasteiger partial charge in [-0.3, -0.25) is 0 Å². The Labute approximate surface area is 154 Å². The summed E-state index contributed by atoms with van der Waals surface area (Å²) >= 11 is 2.03. The number of quaternary nitrogens is 1. The fourth-order valence-electron chi connectivity index (χ4n) is 3.61. The van der Waals surface area contributed by atoms with Gasteiger partial charge in [0.25, 0.3) is 0 Å². The lowest BCUT2D eigenvalue weighted by Gasteiger charge is -2.40. The Morgan fingerprint density at radius 3 is 1.80 bits per heavy atom. The summed E-state index contributed by atoms with van der Waals surface area (Å²) < 4.78 is 0. The Bertz CT molecular complexity index is 753. The first-order chi connectivity index (χ1) is 12.3. The van der Waals surface area contributed by atoms with Gasteiger partial charge in [-0.2, -0.15) is 0 Å². The van der Waals surface area contributed by atoms with Crippen LogP contribution < -0.4 is 4.90 Å². The van der Waals surface area contributed by atoms with Crippen molar-refractivity contribution in [3.63, 3.8) is 0 Å². The van der Waals surface area contributed by atoms with Crippen LogP contribution in [0.15, 0.2) is 89.8 Å². The van der Waals surface area contributed by atoms with E-state index < -0.39 is 0 Å². The number of rotatable bonds is 5. The van der Waals surface area contributed by atoms with Crippen molar-refractivity contribution in [1.29, 1.82) is 0 Å². The van der Waals surface area contributed by atoms with Gasteiger partial charge in [-0.1, -0.05) is 78.4 Å². The van der Waals surface area contributed by atoms with Crippen molar-refractivity contribution in [1.82, 2.24) is 0 Å². The number of benzene rings is 3. The van der Waals surface area contributed by atoms with E-state index in [1.807, 2.05) is 11.8 Å². The lowest BCUT2D eigenvalue weighted by Crippen LogP contribution is -3.21. The Morgan fingerprint density at radius 2 is 1.28 bits per heavy atom. The molecule has 0 spiro atoms. The summed E-state index contributed by atoms with van der Waals surface area (Å²) in [6.07, 6.45) is 0. The lowest BCUT2D eigenvalue weighted by molar-refractivity contribution is -0.960. The third-order valence-corrected chi connectivity index (χ3v) is 6.19. The van der Waals surface area contributed by atoms with Gasteiger partial charge in [0.05, 0.1) is 13.1 Å². The molecule has 0 unspecified atom stereocenters. The highest BCUT2D eigenvalue weighted by atomic mass is 32.2. The van der Waals surface area contributed by atoms with E-state index in [0.29, 0.717) is 11.3 Å². The Hall–Kier alpha value is -2.03. The van der Waals surface area contributed by atoms with Gasteiger partial charge in [0.1, 0.15) is 11.3 Å². The van der Waals surface area contributed by atoms with Crippen molar-refractivity contribution < 1.29 is 4.90 Å². The van der Waals surface area contributed by atoms with Crippen LogP contribution in [-0.2, 0) is 0 Å². The normalized spacial score (nSPS) is 19.6. The van der Waals surface area contributed by atoms with E-state index in [9.17, 15) is 0 Å². The van der Waals surface area contributed by atoms with Gasteiger partial charge in [-0.05, 0) is 19.1 Å². The topological polar surface area (TPSA) is 4.44 Å². The molecule has 25 heavy (non-hydrogen) atoms. The number of nitrogens with one attached hydrogen (secondary N) is 1. The zero-order chi connectivity index (χ0) is 17.1. The predicted octanol–water partition coefficient (Wildman–Crippen LogP) is 4.14. The van der Waals surface area contributed by atoms with Crippen LogP contribution >= 0.6 is 11.8 Å². The van der Waals surface area contributed by atoms with Gasteiger partial charge in [-0.15, -0.1) is 11.8 Å². The summed E-state index contributed by atoms with van der Waals surface area (Å²) in [5, 5.41) is 0.715. The summed E-state index contributed by atoms with van der Waals surface area (Å²) in [6.45, 7) is 4.58. The van der Waals surface area contributed by atoms with Crippen LogP contribution in [0, 0.1) is 6.92 Å². The van der Waals surface area contributed by atoms with E-state index in [4.69, 9.17) is 0 Å². The summed E-state index contributed by atoms with van der Waals surface area (Å²) in [7, 11) is 0. The second kappa shape index (κ2) is 7.47. The minimum Gasteiger partial charge on any atom is -0.323 e. The number of hydrogen-bond donors (Lipinski definition) is 1. The van der Waals surface area contributed by atoms with Crippen molar-refractivity contribution in [2.45, 2.75) is 23.1 Å². The van der Waals surface area contributed by atoms with Crippen molar-refractivity contribution in [3.05, 3.63) is 102 Å². The highest BCUT2D eigenvalue weighted by molar-refractivity contribution is 8.00. The van der Waals surface area contributed by atoms with Gasteiger partial charge in [-0.25, -0.2) is 0 Å². The standard InChI is InChI=1S/C23H23NS/c1-18-12-14-21(15-13-18)25-22-16-24(17-22)23(19-8-4-2-5-9-19)20-10-6-3-7-11-20/h2-15,22-23H,16-17H2,1H3/p+1. The molecule has 0 aromatic heterocycles. The fourth-order valence-corrected chi connectivity index (χ4v) is 4.88. The van der Waals surface area contributed by atoms with Crippen LogP contribution in [0.3, 0.4) is 0 Å². The summed E-state index contributed by atoms with van der Waals surface area (Å²) in [6, 6.07) is 31.3. The Kier molecular flexibility index (Phi) is 4.91. The zero-order valence-corrected chi connectivity index (χ0v) is 15.4. The molecule has 3 aromatic carbocycles. The summed E-state index contributed by atoms with van der Waals surface area (Å²) in [4.78, 5) is 3.06. The van der Waals surface area contributed by atoms with Gasteiger partial charge >= 0.3 is 0 Å². The zero-order valence-electron chi connectivity index (χ0n) is 14.6. The molecule has 0 atom stereocenters. The quantitative estimate of drug-likeness (QED) is 0.727. The first-order valence-corrected chi connectivity index (χ1v) is 9.85. The molecule has 1 nitrogen and oxygen atoms in total. The third-order valence-electron chi connectivity index (χ3n) is 4.98. The number of thioether (sulfide) groups is 1. The van der Waals surface area contributed by atoms with Gasteiger partial charge in [0, 0.05) is 16.0 Å². The van der Waals surface area contributed by atoms with Crippen molar-refractivity contribution in [2.75, 3.05) is 13.1 Å². The fraction of sp³-hybridized carbons (Fsp3) is 0.217. The van der Waals surface area contributed by atoms with Crippen molar-refractivity contribution in [2.24, 2.45) is 0 Å². The second-order valence-corrected chi connectivity index (χ2v) is 8.25. The van der Waals surface area contributed by atoms with Gasteiger partial charge < -0.3 is 4.90 Å². The summed E-state index contributed by atoms with van der Waals surface area (Å²) in [5.74, 6) is 0. The molecule has 1 N–H and O–H groups in total. The largest absolute Gasteiger partial charge is 0.323 e. The molecule has 4 rings (SSSR count). The molecule has 1 aliphatic heterocycles. The average Bonchev–Trinajstić information content (AvgIpc) is 2.63. The molecule has 0 radical (unpaired) electrons. The average molecular weight is 347 g/mol. The van der Waals surface area contributed by atoms with Gasteiger partial charge in [0.2, 0.25) is 0 Å². The molecule has 2 heteroatoms. The minimum atomic E-state index is 0.442. The maximum Gasteiger partial charge on any atom is 0.139 e. The number of aryl methyl sites for hydroxylation is 1. The molecular weight excluding hydrogens is 322 g/mol. The van der Waals surface area contributed by atoms with E-state index in [1.54, 1.807) is 4.90 Å². The SMILES string of the molecule is Cc1ccc(SC2C[NH+](C(c3ccccc3)c3ccccc3)C2)cc1. The molecule has 1 fully saturated rings. The van der Waals surface area contributed by atoms with Crippen LogP contribution in [0.1, 0.15) is 22.7 Å². The molecule has 126 valence electrons. The summed E-state index contributed by atoms with van der Waals surface area (Å²) in [5.41, 5.74) is 4.17. The van der Waals surface area contributed by atoms with Crippen LogP contribution in [0.2, 0.25) is 0 Å².